The van der Waals surface area contributed by atoms with Gasteiger partial charge in [-0.1, -0.05) is 0 Å². The van der Waals surface area contributed by atoms with Crippen molar-refractivity contribution in [3.8, 4) is 0 Å². The molecule has 1 unspecified atom stereocenters. The van der Waals surface area contributed by atoms with Crippen LogP contribution in [0.15, 0.2) is 23.3 Å². The molecule has 0 radical (unpaired) electrons. The topological polar surface area (TPSA) is 52.8 Å². The Morgan fingerprint density at radius 3 is 3.00 bits per heavy atom. The Balaban J connectivity index is 1.89. The molecule has 0 amide bonds. The number of nitrogens with zero attached hydrogens (tertiary/aromatic N) is 3. The van der Waals surface area contributed by atoms with Gasteiger partial charge in [-0.05, 0) is 24.3 Å². The average Bonchev–Trinajstić information content (AvgIpc) is 3.01. The van der Waals surface area contributed by atoms with Gasteiger partial charge in [-0.15, -0.1) is 0 Å². The van der Waals surface area contributed by atoms with Gasteiger partial charge in [0.05, 0.1) is 12.1 Å². The van der Waals surface area contributed by atoms with Crippen LogP contribution >= 0.6 is 11.8 Å². The van der Waals surface area contributed by atoms with E-state index in [9.17, 15) is 5.11 Å². The Hall–Kier alpha value is -1.14. The van der Waals surface area contributed by atoms with Gasteiger partial charge < -0.3 is 19.9 Å². The second-order valence-corrected chi connectivity index (χ2v) is 6.50. The highest BCUT2D eigenvalue weighted by molar-refractivity contribution is 7.99. The molecule has 2 heterocycles. The van der Waals surface area contributed by atoms with Crippen LogP contribution in [0.3, 0.4) is 0 Å². The SMILES string of the molecule is CN=C(NCC1(O)CCSC1)N(C)Cc1cccn1C. The molecule has 0 bridgehead atoms. The highest BCUT2D eigenvalue weighted by atomic mass is 32.2. The standard InChI is InChI=1S/C14H24N4OS/c1-15-13(16-10-14(19)6-8-20-11-14)18(3)9-12-5-4-7-17(12)2/h4-5,7,19H,6,8-11H2,1-3H3,(H,15,16). The van der Waals surface area contributed by atoms with Crippen molar-refractivity contribution in [2.75, 3.05) is 32.1 Å². The fourth-order valence-electron chi connectivity index (χ4n) is 2.34. The van der Waals surface area contributed by atoms with Gasteiger partial charge >= 0.3 is 0 Å². The first-order valence-electron chi connectivity index (χ1n) is 6.86. The van der Waals surface area contributed by atoms with Crippen LogP contribution in [0, 0.1) is 0 Å². The molecule has 2 N–H and O–H groups in total. The molecule has 1 saturated heterocycles. The fourth-order valence-corrected chi connectivity index (χ4v) is 3.64. The zero-order valence-corrected chi connectivity index (χ0v) is 13.3. The van der Waals surface area contributed by atoms with E-state index in [1.54, 1.807) is 7.05 Å². The molecule has 6 heteroatoms. The Labute approximate surface area is 125 Å². The number of nitrogens with one attached hydrogen (secondary N) is 1. The largest absolute Gasteiger partial charge is 0.387 e. The highest BCUT2D eigenvalue weighted by Crippen LogP contribution is 2.26. The van der Waals surface area contributed by atoms with Crippen molar-refractivity contribution in [1.29, 1.82) is 0 Å². The minimum atomic E-state index is -0.591. The van der Waals surface area contributed by atoms with Gasteiger partial charge in [-0.3, -0.25) is 4.99 Å². The molecule has 0 aliphatic carbocycles. The van der Waals surface area contributed by atoms with Crippen molar-refractivity contribution in [2.45, 2.75) is 18.6 Å². The Bertz CT molecular complexity index is 465. The first kappa shape index (κ1) is 15.3. The molecule has 20 heavy (non-hydrogen) atoms. The van der Waals surface area contributed by atoms with Crippen LogP contribution in [-0.2, 0) is 13.6 Å². The molecule has 2 rings (SSSR count). The zero-order chi connectivity index (χ0) is 14.6. The quantitative estimate of drug-likeness (QED) is 0.640. The number of aliphatic imine (C=N–C) groups is 1. The number of guanidine groups is 1. The van der Waals surface area contributed by atoms with Crippen LogP contribution in [0.4, 0.5) is 0 Å². The summed E-state index contributed by atoms with van der Waals surface area (Å²) in [6.07, 6.45) is 2.89. The van der Waals surface area contributed by atoms with Gasteiger partial charge in [0.1, 0.15) is 0 Å². The maximum atomic E-state index is 10.4. The van der Waals surface area contributed by atoms with Crippen LogP contribution in [0.25, 0.3) is 0 Å². The van der Waals surface area contributed by atoms with Gasteiger partial charge in [0, 0.05) is 45.3 Å². The third-order valence-electron chi connectivity index (χ3n) is 3.68. The third-order valence-corrected chi connectivity index (χ3v) is 4.92. The van der Waals surface area contributed by atoms with E-state index in [1.165, 1.54) is 5.69 Å². The summed E-state index contributed by atoms with van der Waals surface area (Å²) in [6, 6.07) is 4.14. The van der Waals surface area contributed by atoms with Crippen LogP contribution in [-0.4, -0.2) is 58.3 Å². The number of hydrogen-bond acceptors (Lipinski definition) is 3. The molecule has 0 spiro atoms. The molecule has 112 valence electrons. The summed E-state index contributed by atoms with van der Waals surface area (Å²) in [6.45, 7) is 1.35. The van der Waals surface area contributed by atoms with Crippen molar-refractivity contribution in [3.63, 3.8) is 0 Å². The second-order valence-electron chi connectivity index (χ2n) is 5.39. The summed E-state index contributed by atoms with van der Waals surface area (Å²) in [7, 11) is 5.82. The number of aryl methyl sites for hydroxylation is 1. The second kappa shape index (κ2) is 6.54. The van der Waals surface area contributed by atoms with Crippen molar-refractivity contribution in [3.05, 3.63) is 24.0 Å². The van der Waals surface area contributed by atoms with Gasteiger partial charge in [0.15, 0.2) is 5.96 Å². The van der Waals surface area contributed by atoms with Gasteiger partial charge in [0.25, 0.3) is 0 Å². The molecule has 1 fully saturated rings. The Morgan fingerprint density at radius 1 is 1.65 bits per heavy atom. The molecule has 1 atom stereocenters. The average molecular weight is 296 g/mol. The zero-order valence-electron chi connectivity index (χ0n) is 12.5. The molecular formula is C14H24N4OS. The number of rotatable bonds is 4. The van der Waals surface area contributed by atoms with Crippen LogP contribution in [0.1, 0.15) is 12.1 Å². The summed E-state index contributed by atoms with van der Waals surface area (Å²) in [5.74, 6) is 2.66. The van der Waals surface area contributed by atoms with E-state index >= 15 is 0 Å². The highest BCUT2D eigenvalue weighted by Gasteiger charge is 2.31. The van der Waals surface area contributed by atoms with E-state index in [1.807, 2.05) is 38.1 Å². The Morgan fingerprint density at radius 2 is 2.45 bits per heavy atom. The first-order chi connectivity index (χ1) is 9.54. The predicted octanol–water partition coefficient (Wildman–Crippen LogP) is 0.900. The lowest BCUT2D eigenvalue weighted by molar-refractivity contribution is 0.0718. The summed E-state index contributed by atoms with van der Waals surface area (Å²) in [5, 5.41) is 13.6. The van der Waals surface area contributed by atoms with E-state index in [4.69, 9.17) is 0 Å². The van der Waals surface area contributed by atoms with Crippen LogP contribution in [0.2, 0.25) is 0 Å². The molecule has 0 aromatic carbocycles. The maximum Gasteiger partial charge on any atom is 0.193 e. The normalized spacial score (nSPS) is 23.1. The fraction of sp³-hybridized carbons (Fsp3) is 0.643. The van der Waals surface area contributed by atoms with E-state index in [0.29, 0.717) is 6.54 Å². The molecule has 1 aromatic rings. The lowest BCUT2D eigenvalue weighted by atomic mass is 10.0. The van der Waals surface area contributed by atoms with E-state index in [0.717, 1.165) is 30.4 Å². The monoisotopic (exact) mass is 296 g/mol. The lowest BCUT2D eigenvalue weighted by Gasteiger charge is -2.27. The van der Waals surface area contributed by atoms with E-state index < -0.39 is 5.60 Å². The van der Waals surface area contributed by atoms with E-state index in [-0.39, 0.29) is 0 Å². The van der Waals surface area contributed by atoms with Gasteiger partial charge in [-0.25, -0.2) is 0 Å². The van der Waals surface area contributed by atoms with Crippen LogP contribution in [0.5, 0.6) is 0 Å². The maximum absolute atomic E-state index is 10.4. The molecule has 1 aromatic heterocycles. The lowest BCUT2D eigenvalue weighted by Crippen LogP contribution is -2.47. The summed E-state index contributed by atoms with van der Waals surface area (Å²) >= 11 is 1.81. The minimum absolute atomic E-state index is 0.560. The summed E-state index contributed by atoms with van der Waals surface area (Å²) in [5.41, 5.74) is 0.637. The molecule has 1 aliphatic rings. The van der Waals surface area contributed by atoms with Crippen LogP contribution < -0.4 is 5.32 Å². The minimum Gasteiger partial charge on any atom is -0.387 e. The van der Waals surface area contributed by atoms with E-state index in [2.05, 4.69) is 25.8 Å². The van der Waals surface area contributed by atoms with Crippen molar-refractivity contribution < 1.29 is 5.11 Å². The van der Waals surface area contributed by atoms with Gasteiger partial charge in [0.2, 0.25) is 0 Å². The number of aromatic nitrogens is 1. The number of aliphatic hydroxyl groups is 1. The smallest absolute Gasteiger partial charge is 0.193 e. The molecule has 5 nitrogen and oxygen atoms in total. The van der Waals surface area contributed by atoms with Crippen molar-refractivity contribution >= 4 is 17.7 Å². The summed E-state index contributed by atoms with van der Waals surface area (Å²) in [4.78, 5) is 6.36. The third kappa shape index (κ3) is 3.70. The number of thioether (sulfide) groups is 1. The predicted molar refractivity (Wildman–Crippen MR) is 85.1 cm³/mol. The Kier molecular flexibility index (Phi) is 4.99. The summed E-state index contributed by atoms with van der Waals surface area (Å²) < 4.78 is 2.10. The molecule has 1 aliphatic heterocycles. The van der Waals surface area contributed by atoms with Crippen molar-refractivity contribution in [2.24, 2.45) is 12.0 Å². The van der Waals surface area contributed by atoms with Crippen molar-refractivity contribution in [1.82, 2.24) is 14.8 Å². The number of hydrogen-bond donors (Lipinski definition) is 2. The van der Waals surface area contributed by atoms with Gasteiger partial charge in [-0.2, -0.15) is 11.8 Å². The molecular weight excluding hydrogens is 272 g/mol. The first-order valence-corrected chi connectivity index (χ1v) is 8.02. The molecule has 0 saturated carbocycles.